The van der Waals surface area contributed by atoms with Crippen molar-refractivity contribution in [2.24, 2.45) is 34.5 Å². The maximum atomic E-state index is 12.2. The predicted octanol–water partition coefficient (Wildman–Crippen LogP) is 4.72. The molecule has 0 aromatic heterocycles. The molecule has 3 fully saturated rings. The van der Waals surface area contributed by atoms with Crippen LogP contribution in [0.1, 0.15) is 74.8 Å². The fourth-order valence-electron chi connectivity index (χ4n) is 6.87. The summed E-state index contributed by atoms with van der Waals surface area (Å²) in [5.41, 5.74) is 0.915. The topological polar surface area (TPSA) is 34.1 Å². The fraction of sp³-hybridized carbons (Fsp3) is 0.810. The summed E-state index contributed by atoms with van der Waals surface area (Å²) in [5, 5.41) is 0. The molecule has 4 aliphatic carbocycles. The average molecular weight is 318 g/mol. The Morgan fingerprint density at radius 1 is 1.22 bits per heavy atom. The van der Waals surface area contributed by atoms with Gasteiger partial charge in [-0.1, -0.05) is 19.4 Å². The number of hydrogen-bond acceptors (Lipinski definition) is 2. The van der Waals surface area contributed by atoms with E-state index in [2.05, 4.69) is 13.8 Å². The lowest BCUT2D eigenvalue weighted by atomic mass is 9.47. The molecule has 0 aliphatic heterocycles. The molecule has 23 heavy (non-hydrogen) atoms. The minimum atomic E-state index is -0.936. The number of carbonyl (C=O) groups is 2. The molecule has 2 nitrogen and oxygen atoms in total. The van der Waals surface area contributed by atoms with Crippen molar-refractivity contribution in [2.75, 3.05) is 0 Å². The van der Waals surface area contributed by atoms with Crippen LogP contribution in [0, 0.1) is 34.5 Å². The lowest BCUT2D eigenvalue weighted by Crippen LogP contribution is -2.51. The second kappa shape index (κ2) is 5.04. The summed E-state index contributed by atoms with van der Waals surface area (Å²) in [7, 11) is 0. The molecule has 0 amide bonds. The van der Waals surface area contributed by atoms with Crippen molar-refractivity contribution < 1.29 is 12.3 Å². The largest absolute Gasteiger partial charge is 0.300 e. The van der Waals surface area contributed by atoms with Crippen LogP contribution in [0.2, 0.25) is 0 Å². The maximum Gasteiger partial charge on any atom is 0.155 e. The molecule has 126 valence electrons. The van der Waals surface area contributed by atoms with E-state index in [1.807, 2.05) is 0 Å². The summed E-state index contributed by atoms with van der Waals surface area (Å²) < 4.78 is 16.9. The highest BCUT2D eigenvalue weighted by Crippen LogP contribution is 2.66. The molecule has 2 heteroatoms. The SMILES string of the molecule is [3H]C1C(=O)C=C2CC[C@H]3[C@@H]4CC[C@H](C(C)=O)[C@@]4(C)CC[C@@H]3[C@@]2(C)C1[3H]. The summed E-state index contributed by atoms with van der Waals surface area (Å²) in [6.45, 7) is 6.24. The highest BCUT2D eigenvalue weighted by Gasteiger charge is 2.59. The van der Waals surface area contributed by atoms with Gasteiger partial charge in [0.15, 0.2) is 5.78 Å². The van der Waals surface area contributed by atoms with Crippen molar-refractivity contribution >= 4 is 11.6 Å². The van der Waals surface area contributed by atoms with Gasteiger partial charge in [0.25, 0.3) is 0 Å². The van der Waals surface area contributed by atoms with E-state index in [0.29, 0.717) is 23.5 Å². The first kappa shape index (κ1) is 13.4. The Hall–Kier alpha value is -0.920. The molecule has 8 atom stereocenters. The van der Waals surface area contributed by atoms with Crippen molar-refractivity contribution in [3.05, 3.63) is 11.6 Å². The van der Waals surface area contributed by atoms with Gasteiger partial charge in [-0.15, -0.1) is 0 Å². The van der Waals surface area contributed by atoms with Crippen LogP contribution in [-0.2, 0) is 9.59 Å². The zero-order valence-corrected chi connectivity index (χ0v) is 14.6. The standard InChI is InChI=1S/C21H30O2/c1-13(22)17-6-7-18-16-5-4-14-12-15(23)8-10-20(14,2)19(16)9-11-21(17,18)3/h12,16-19H,4-11H2,1-3H3/t16-,17+,18-,19-,20-,21+/m0/s1/i8T,10T/t8?,10?,16-,17+,18-,19-,20-,21+. The molecule has 0 bridgehead atoms. The molecule has 2 unspecified atom stereocenters. The van der Waals surface area contributed by atoms with Crippen LogP contribution >= 0.6 is 0 Å². The molecule has 0 spiro atoms. The van der Waals surface area contributed by atoms with E-state index in [9.17, 15) is 9.59 Å². The molecule has 0 heterocycles. The first-order chi connectivity index (χ1) is 11.7. The van der Waals surface area contributed by atoms with E-state index >= 15 is 0 Å². The summed E-state index contributed by atoms with van der Waals surface area (Å²) in [6.07, 6.45) is 6.33. The van der Waals surface area contributed by atoms with E-state index < -0.39 is 12.8 Å². The second-order valence-corrected chi connectivity index (χ2v) is 8.89. The Labute approximate surface area is 142 Å². The molecule has 0 aromatic carbocycles. The first-order valence-electron chi connectivity index (χ1n) is 10.5. The number of fused-ring (bicyclic) bond motifs is 5. The zero-order chi connectivity index (χ0) is 18.1. The average Bonchev–Trinajstić information content (AvgIpc) is 2.92. The summed E-state index contributed by atoms with van der Waals surface area (Å²) in [6, 6.07) is 0. The number of hydrogen-bond donors (Lipinski definition) is 0. The fourth-order valence-corrected chi connectivity index (χ4v) is 6.87. The summed E-state index contributed by atoms with van der Waals surface area (Å²) >= 11 is 0. The van der Waals surface area contributed by atoms with E-state index in [1.54, 1.807) is 13.0 Å². The Morgan fingerprint density at radius 3 is 2.74 bits per heavy atom. The van der Waals surface area contributed by atoms with Crippen molar-refractivity contribution in [2.45, 2.75) is 72.1 Å². The van der Waals surface area contributed by atoms with Crippen molar-refractivity contribution in [3.8, 4) is 0 Å². The van der Waals surface area contributed by atoms with Crippen LogP contribution in [0.4, 0.5) is 0 Å². The number of Topliss-reactive ketones (excluding diaryl/α,β-unsaturated/α-hetero) is 1. The van der Waals surface area contributed by atoms with Crippen LogP contribution < -0.4 is 0 Å². The number of allylic oxidation sites excluding steroid dienone is 1. The molecule has 4 aliphatic rings. The maximum absolute atomic E-state index is 12.2. The molecular weight excluding hydrogens is 284 g/mol. The normalized spacial score (nSPS) is 56.7. The lowest BCUT2D eigenvalue weighted by Gasteiger charge is -2.58. The van der Waals surface area contributed by atoms with Gasteiger partial charge < -0.3 is 0 Å². The van der Waals surface area contributed by atoms with Crippen LogP contribution in [0.3, 0.4) is 0 Å². The minimum absolute atomic E-state index is 0.118. The van der Waals surface area contributed by atoms with Crippen LogP contribution in [0.5, 0.6) is 0 Å². The van der Waals surface area contributed by atoms with Gasteiger partial charge in [0.1, 0.15) is 5.78 Å². The molecule has 0 saturated heterocycles. The highest BCUT2D eigenvalue weighted by molar-refractivity contribution is 5.91. The highest BCUT2D eigenvalue weighted by atomic mass is 16.1. The second-order valence-electron chi connectivity index (χ2n) is 8.89. The molecule has 3 saturated carbocycles. The number of ketones is 2. The predicted molar refractivity (Wildman–Crippen MR) is 90.9 cm³/mol. The third-order valence-corrected chi connectivity index (χ3v) is 8.05. The van der Waals surface area contributed by atoms with Crippen molar-refractivity contribution in [1.82, 2.24) is 0 Å². The van der Waals surface area contributed by atoms with Gasteiger partial charge in [0.2, 0.25) is 0 Å². The number of rotatable bonds is 1. The first-order valence-corrected chi connectivity index (χ1v) is 9.31. The Balaban J connectivity index is 1.71. The molecule has 4 rings (SSSR count). The number of carbonyl (C=O) groups excluding carboxylic acids is 2. The summed E-state index contributed by atoms with van der Waals surface area (Å²) in [4.78, 5) is 24.3. The third kappa shape index (κ3) is 2.06. The van der Waals surface area contributed by atoms with Gasteiger partial charge in [-0.2, -0.15) is 0 Å². The Bertz CT molecular complexity index is 656. The Kier molecular flexibility index (Phi) is 2.93. The van der Waals surface area contributed by atoms with Crippen molar-refractivity contribution in [1.29, 1.82) is 0 Å². The van der Waals surface area contributed by atoms with Gasteiger partial charge in [0.05, 0.1) is 0 Å². The molecular formula is C21H30O2. The minimum Gasteiger partial charge on any atom is -0.300 e. The van der Waals surface area contributed by atoms with E-state index in [1.165, 1.54) is 0 Å². The Morgan fingerprint density at radius 2 is 2.00 bits per heavy atom. The lowest BCUT2D eigenvalue weighted by molar-refractivity contribution is -0.128. The van der Waals surface area contributed by atoms with Gasteiger partial charge in [-0.05, 0) is 86.5 Å². The van der Waals surface area contributed by atoms with Crippen LogP contribution in [0.25, 0.3) is 0 Å². The monoisotopic (exact) mass is 318 g/mol. The van der Waals surface area contributed by atoms with E-state index in [-0.39, 0.29) is 22.5 Å². The third-order valence-electron chi connectivity index (χ3n) is 8.05. The zero-order valence-electron chi connectivity index (χ0n) is 16.6. The smallest absolute Gasteiger partial charge is 0.155 e. The summed E-state index contributed by atoms with van der Waals surface area (Å²) in [5.74, 6) is 1.86. The van der Waals surface area contributed by atoms with Gasteiger partial charge in [-0.25, -0.2) is 0 Å². The van der Waals surface area contributed by atoms with Crippen LogP contribution in [-0.4, -0.2) is 11.6 Å². The van der Waals surface area contributed by atoms with Crippen LogP contribution in [0.15, 0.2) is 11.6 Å². The molecule has 0 radical (unpaired) electrons. The quantitative estimate of drug-likeness (QED) is 0.701. The molecule has 0 N–H and O–H groups in total. The van der Waals surface area contributed by atoms with E-state index in [4.69, 9.17) is 2.74 Å². The van der Waals surface area contributed by atoms with Gasteiger partial charge in [0, 0.05) is 15.1 Å². The van der Waals surface area contributed by atoms with E-state index in [0.717, 1.165) is 44.1 Å². The molecule has 0 aromatic rings. The van der Waals surface area contributed by atoms with Gasteiger partial charge >= 0.3 is 0 Å². The van der Waals surface area contributed by atoms with Gasteiger partial charge in [-0.3, -0.25) is 9.59 Å². The van der Waals surface area contributed by atoms with Crippen molar-refractivity contribution in [3.63, 3.8) is 0 Å².